The molecular formula is C16H14N4O4S. The third-order valence-corrected chi connectivity index (χ3v) is 3.23. The van der Waals surface area contributed by atoms with E-state index in [1.165, 1.54) is 31.2 Å². The molecule has 0 aliphatic carbocycles. The summed E-state index contributed by atoms with van der Waals surface area (Å²) in [6.45, 7) is 1.35. The molecule has 0 saturated heterocycles. The van der Waals surface area contributed by atoms with Gasteiger partial charge in [0.25, 0.3) is 11.6 Å². The molecule has 25 heavy (non-hydrogen) atoms. The number of nitro benzene ring substituents is 1. The van der Waals surface area contributed by atoms with Crippen LogP contribution in [0.15, 0.2) is 48.5 Å². The summed E-state index contributed by atoms with van der Waals surface area (Å²) >= 11 is 4.95. The van der Waals surface area contributed by atoms with Crippen molar-refractivity contribution in [2.75, 3.05) is 10.6 Å². The van der Waals surface area contributed by atoms with E-state index in [-0.39, 0.29) is 22.6 Å². The highest BCUT2D eigenvalue weighted by Gasteiger charge is 2.09. The van der Waals surface area contributed by atoms with Crippen LogP contribution in [0.25, 0.3) is 0 Å². The Balaban J connectivity index is 1.98. The summed E-state index contributed by atoms with van der Waals surface area (Å²) in [5.41, 5.74) is 1.41. The standard InChI is InChI=1S/C16H14N4O4S/c1-10(21)17-16(25)19-13-6-4-12(5-7-13)18-15(22)11-2-8-14(9-3-11)20(23)24/h2-9H,1H3,(H,18,22)(H2,17,19,21,25). The van der Waals surface area contributed by atoms with E-state index in [2.05, 4.69) is 16.0 Å². The summed E-state index contributed by atoms with van der Waals surface area (Å²) in [6.07, 6.45) is 0. The fourth-order valence-electron chi connectivity index (χ4n) is 1.90. The Morgan fingerprint density at radius 2 is 1.48 bits per heavy atom. The van der Waals surface area contributed by atoms with Gasteiger partial charge in [0, 0.05) is 36.0 Å². The van der Waals surface area contributed by atoms with Crippen LogP contribution in [0.1, 0.15) is 17.3 Å². The lowest BCUT2D eigenvalue weighted by molar-refractivity contribution is -0.384. The molecule has 9 heteroatoms. The van der Waals surface area contributed by atoms with Crippen molar-refractivity contribution in [3.63, 3.8) is 0 Å². The van der Waals surface area contributed by atoms with Crippen molar-refractivity contribution < 1.29 is 14.5 Å². The zero-order valence-corrected chi connectivity index (χ0v) is 13.9. The number of nitrogens with one attached hydrogen (secondary N) is 3. The largest absolute Gasteiger partial charge is 0.332 e. The number of carbonyl (C=O) groups excluding carboxylic acids is 2. The Labute approximate surface area is 148 Å². The second-order valence-electron chi connectivity index (χ2n) is 4.97. The van der Waals surface area contributed by atoms with Crippen LogP contribution in [0.2, 0.25) is 0 Å². The van der Waals surface area contributed by atoms with Crippen LogP contribution in [0.4, 0.5) is 17.1 Å². The first kappa shape index (κ1) is 18.0. The van der Waals surface area contributed by atoms with Gasteiger partial charge >= 0.3 is 0 Å². The van der Waals surface area contributed by atoms with Gasteiger partial charge in [-0.3, -0.25) is 19.7 Å². The first-order valence-corrected chi connectivity index (χ1v) is 7.50. The molecule has 0 aromatic heterocycles. The van der Waals surface area contributed by atoms with E-state index >= 15 is 0 Å². The minimum atomic E-state index is -0.529. The van der Waals surface area contributed by atoms with E-state index in [0.717, 1.165) is 0 Å². The number of nitrogens with zero attached hydrogens (tertiary/aromatic N) is 1. The van der Waals surface area contributed by atoms with Gasteiger partial charge in [0.05, 0.1) is 4.92 Å². The third kappa shape index (κ3) is 5.36. The molecule has 0 atom stereocenters. The molecule has 2 aromatic carbocycles. The zero-order chi connectivity index (χ0) is 18.4. The van der Waals surface area contributed by atoms with Crippen LogP contribution in [0.5, 0.6) is 0 Å². The molecule has 0 bridgehead atoms. The maximum Gasteiger partial charge on any atom is 0.269 e. The molecular weight excluding hydrogens is 344 g/mol. The van der Waals surface area contributed by atoms with Gasteiger partial charge in [-0.15, -0.1) is 0 Å². The van der Waals surface area contributed by atoms with Gasteiger partial charge in [0.15, 0.2) is 5.11 Å². The van der Waals surface area contributed by atoms with E-state index in [9.17, 15) is 19.7 Å². The highest BCUT2D eigenvalue weighted by atomic mass is 32.1. The smallest absolute Gasteiger partial charge is 0.269 e. The molecule has 3 N–H and O–H groups in total. The lowest BCUT2D eigenvalue weighted by Gasteiger charge is -2.09. The van der Waals surface area contributed by atoms with Gasteiger partial charge in [-0.25, -0.2) is 0 Å². The number of benzene rings is 2. The van der Waals surface area contributed by atoms with Crippen LogP contribution in [-0.2, 0) is 4.79 Å². The van der Waals surface area contributed by atoms with Gasteiger partial charge in [0.1, 0.15) is 0 Å². The highest BCUT2D eigenvalue weighted by Crippen LogP contribution is 2.16. The van der Waals surface area contributed by atoms with Crippen LogP contribution >= 0.6 is 12.2 Å². The quantitative estimate of drug-likeness (QED) is 0.440. The topological polar surface area (TPSA) is 113 Å². The van der Waals surface area contributed by atoms with E-state index in [1.807, 2.05) is 0 Å². The summed E-state index contributed by atoms with van der Waals surface area (Å²) in [4.78, 5) is 33.1. The maximum absolute atomic E-state index is 12.1. The Kier molecular flexibility index (Phi) is 5.75. The van der Waals surface area contributed by atoms with E-state index < -0.39 is 4.92 Å². The summed E-state index contributed by atoms with van der Waals surface area (Å²) in [5.74, 6) is -0.658. The van der Waals surface area contributed by atoms with E-state index in [0.29, 0.717) is 16.9 Å². The Morgan fingerprint density at radius 1 is 0.960 bits per heavy atom. The number of nitro groups is 1. The fourth-order valence-corrected chi connectivity index (χ4v) is 2.16. The van der Waals surface area contributed by atoms with E-state index in [4.69, 9.17) is 12.2 Å². The fraction of sp³-hybridized carbons (Fsp3) is 0.0625. The molecule has 0 spiro atoms. The number of rotatable bonds is 4. The van der Waals surface area contributed by atoms with Gasteiger partial charge in [-0.2, -0.15) is 0 Å². The molecule has 0 saturated carbocycles. The van der Waals surface area contributed by atoms with Crippen molar-refractivity contribution in [3.05, 3.63) is 64.2 Å². The number of hydrogen-bond donors (Lipinski definition) is 3. The minimum absolute atomic E-state index is 0.0814. The second-order valence-corrected chi connectivity index (χ2v) is 5.38. The maximum atomic E-state index is 12.1. The van der Waals surface area contributed by atoms with Crippen molar-refractivity contribution in [1.82, 2.24) is 5.32 Å². The van der Waals surface area contributed by atoms with Crippen LogP contribution < -0.4 is 16.0 Å². The predicted molar refractivity (Wildman–Crippen MR) is 97.5 cm³/mol. The van der Waals surface area contributed by atoms with Crippen molar-refractivity contribution in [2.45, 2.75) is 6.92 Å². The SMILES string of the molecule is CC(=O)NC(=S)Nc1ccc(NC(=O)c2ccc([N+](=O)[O-])cc2)cc1. The number of amides is 2. The second kappa shape index (κ2) is 7.97. The molecule has 2 aromatic rings. The first-order chi connectivity index (χ1) is 11.8. The molecule has 2 amide bonds. The normalized spacial score (nSPS) is 9.80. The molecule has 128 valence electrons. The summed E-state index contributed by atoms with van der Waals surface area (Å²) in [6, 6.07) is 12.0. The van der Waals surface area contributed by atoms with Gasteiger partial charge in [-0.1, -0.05) is 0 Å². The number of thiocarbonyl (C=S) groups is 1. The van der Waals surface area contributed by atoms with Gasteiger partial charge in [0.2, 0.25) is 5.91 Å². The molecule has 8 nitrogen and oxygen atoms in total. The lowest BCUT2D eigenvalue weighted by atomic mass is 10.2. The molecule has 0 aliphatic heterocycles. The Bertz CT molecular complexity index is 819. The van der Waals surface area contributed by atoms with E-state index in [1.54, 1.807) is 24.3 Å². The van der Waals surface area contributed by atoms with Crippen LogP contribution in [0.3, 0.4) is 0 Å². The van der Waals surface area contributed by atoms with Gasteiger partial charge in [-0.05, 0) is 48.6 Å². The monoisotopic (exact) mass is 358 g/mol. The van der Waals surface area contributed by atoms with Crippen LogP contribution in [-0.4, -0.2) is 21.9 Å². The van der Waals surface area contributed by atoms with Crippen molar-refractivity contribution in [2.24, 2.45) is 0 Å². The number of non-ortho nitro benzene ring substituents is 1. The zero-order valence-electron chi connectivity index (χ0n) is 13.1. The van der Waals surface area contributed by atoms with Gasteiger partial charge < -0.3 is 16.0 Å². The first-order valence-electron chi connectivity index (χ1n) is 7.09. The predicted octanol–water partition coefficient (Wildman–Crippen LogP) is 2.68. The number of carbonyl (C=O) groups is 2. The summed E-state index contributed by atoms with van der Waals surface area (Å²) in [7, 11) is 0. The minimum Gasteiger partial charge on any atom is -0.332 e. The van der Waals surface area contributed by atoms with Crippen molar-refractivity contribution >= 4 is 46.2 Å². The molecule has 0 aliphatic rings. The third-order valence-electron chi connectivity index (χ3n) is 3.03. The lowest BCUT2D eigenvalue weighted by Crippen LogP contribution is -2.32. The molecule has 0 unspecified atom stereocenters. The Hall–Kier alpha value is -3.33. The molecule has 0 heterocycles. The Morgan fingerprint density at radius 3 is 1.96 bits per heavy atom. The van der Waals surface area contributed by atoms with Crippen molar-refractivity contribution in [3.8, 4) is 0 Å². The average Bonchev–Trinajstić information content (AvgIpc) is 2.56. The summed E-state index contributed by atoms with van der Waals surface area (Å²) in [5, 5.41) is 18.7. The molecule has 0 radical (unpaired) electrons. The average molecular weight is 358 g/mol. The molecule has 0 fully saturated rings. The van der Waals surface area contributed by atoms with Crippen molar-refractivity contribution in [1.29, 1.82) is 0 Å². The van der Waals surface area contributed by atoms with Crippen LogP contribution in [0, 0.1) is 10.1 Å². The highest BCUT2D eigenvalue weighted by molar-refractivity contribution is 7.80. The molecule has 2 rings (SSSR count). The number of anilines is 2. The summed E-state index contributed by atoms with van der Waals surface area (Å²) < 4.78 is 0. The number of hydrogen-bond acceptors (Lipinski definition) is 5.